The molecule has 2 amide bonds. The number of rotatable bonds is 8. The summed E-state index contributed by atoms with van der Waals surface area (Å²) in [6, 6.07) is 20.4. The Hall–Kier alpha value is -4.33. The standard InChI is InChI=1S/C27H27N3O5/c1-4-35-23-11-5-18(6-12-23)17-30-25(19-7-13-21(33-2)14-8-19)24(27(32)29-30)28-26(31)20-9-15-22(34-3)16-10-20/h5-17,24-25H,4H2,1-3H3,(H-,28,29,31,32)/p+1/b30-17-/t24-,25-/m0/s1. The fourth-order valence-electron chi connectivity index (χ4n) is 3.93. The number of hydrazine groups is 1. The van der Waals surface area contributed by atoms with E-state index < -0.39 is 12.1 Å². The molecule has 3 aromatic carbocycles. The van der Waals surface area contributed by atoms with Gasteiger partial charge in [-0.1, -0.05) is 0 Å². The van der Waals surface area contributed by atoms with Crippen LogP contribution in [-0.2, 0) is 4.79 Å². The van der Waals surface area contributed by atoms with Crippen molar-refractivity contribution in [2.24, 2.45) is 0 Å². The molecule has 0 spiro atoms. The maximum atomic E-state index is 13.0. The quantitative estimate of drug-likeness (QED) is 0.490. The Balaban J connectivity index is 1.65. The highest BCUT2D eigenvalue weighted by molar-refractivity contribution is 5.98. The molecule has 2 N–H and O–H groups in total. The van der Waals surface area contributed by atoms with E-state index in [4.69, 9.17) is 14.2 Å². The topological polar surface area (TPSA) is 88.9 Å². The molecule has 2 atom stereocenters. The van der Waals surface area contributed by atoms with Gasteiger partial charge in [0.25, 0.3) is 5.91 Å². The van der Waals surface area contributed by atoms with Crippen LogP contribution in [-0.4, -0.2) is 49.6 Å². The molecule has 0 saturated carbocycles. The highest BCUT2D eigenvalue weighted by atomic mass is 16.5. The van der Waals surface area contributed by atoms with Crippen molar-refractivity contribution in [1.29, 1.82) is 0 Å². The van der Waals surface area contributed by atoms with Crippen molar-refractivity contribution in [3.05, 3.63) is 89.5 Å². The Labute approximate surface area is 204 Å². The van der Waals surface area contributed by atoms with Crippen molar-refractivity contribution < 1.29 is 28.5 Å². The van der Waals surface area contributed by atoms with Gasteiger partial charge >= 0.3 is 5.91 Å². The third-order valence-corrected chi connectivity index (χ3v) is 5.71. The van der Waals surface area contributed by atoms with Gasteiger partial charge in [0.1, 0.15) is 17.2 Å². The van der Waals surface area contributed by atoms with E-state index in [1.54, 1.807) is 43.2 Å². The number of hydrogen-bond acceptors (Lipinski definition) is 5. The maximum Gasteiger partial charge on any atom is 0.304 e. The molecule has 8 heteroatoms. The van der Waals surface area contributed by atoms with Crippen LogP contribution in [0.3, 0.4) is 0 Å². The Bertz CT molecular complexity index is 1210. The second-order valence-electron chi connectivity index (χ2n) is 7.91. The zero-order valence-corrected chi connectivity index (χ0v) is 19.9. The Kier molecular flexibility index (Phi) is 7.30. The molecule has 180 valence electrons. The largest absolute Gasteiger partial charge is 0.497 e. The molecule has 0 bridgehead atoms. The summed E-state index contributed by atoms with van der Waals surface area (Å²) in [4.78, 5) is 26.0. The number of ether oxygens (including phenoxy) is 3. The molecular formula is C27H28N3O5+. The maximum absolute atomic E-state index is 13.0. The minimum Gasteiger partial charge on any atom is -0.497 e. The smallest absolute Gasteiger partial charge is 0.304 e. The molecule has 3 aromatic rings. The molecule has 35 heavy (non-hydrogen) atoms. The first kappa shape index (κ1) is 23.8. The number of carbonyl (C=O) groups is 2. The van der Waals surface area contributed by atoms with Crippen molar-refractivity contribution in [2.75, 3.05) is 20.8 Å². The lowest BCUT2D eigenvalue weighted by molar-refractivity contribution is -0.596. The van der Waals surface area contributed by atoms with Crippen LogP contribution in [0.1, 0.15) is 34.5 Å². The summed E-state index contributed by atoms with van der Waals surface area (Å²) in [5.41, 5.74) is 5.03. The molecule has 0 aliphatic carbocycles. The van der Waals surface area contributed by atoms with E-state index in [9.17, 15) is 9.59 Å². The zero-order chi connectivity index (χ0) is 24.8. The number of nitrogens with zero attached hydrogens (tertiary/aromatic N) is 1. The van der Waals surface area contributed by atoms with Crippen LogP contribution >= 0.6 is 0 Å². The van der Waals surface area contributed by atoms with Gasteiger partial charge in [0.05, 0.1) is 20.8 Å². The van der Waals surface area contributed by atoms with Gasteiger partial charge < -0.3 is 19.5 Å². The predicted octanol–water partition coefficient (Wildman–Crippen LogP) is 3.12. The molecule has 1 aliphatic heterocycles. The van der Waals surface area contributed by atoms with E-state index in [1.165, 1.54) is 0 Å². The minimum absolute atomic E-state index is 0.310. The number of carbonyl (C=O) groups excluding carboxylic acids is 2. The first-order chi connectivity index (χ1) is 17.0. The summed E-state index contributed by atoms with van der Waals surface area (Å²) in [7, 11) is 3.16. The molecule has 8 nitrogen and oxygen atoms in total. The van der Waals surface area contributed by atoms with Crippen LogP contribution in [0.25, 0.3) is 0 Å². The van der Waals surface area contributed by atoms with Crippen molar-refractivity contribution in [2.45, 2.75) is 19.0 Å². The summed E-state index contributed by atoms with van der Waals surface area (Å²) < 4.78 is 17.7. The van der Waals surface area contributed by atoms with Crippen LogP contribution in [0.15, 0.2) is 72.8 Å². The summed E-state index contributed by atoms with van der Waals surface area (Å²) in [6.07, 6.45) is 1.84. The summed E-state index contributed by atoms with van der Waals surface area (Å²) >= 11 is 0. The predicted molar refractivity (Wildman–Crippen MR) is 131 cm³/mol. The highest BCUT2D eigenvalue weighted by Crippen LogP contribution is 2.27. The number of nitrogens with one attached hydrogen (secondary N) is 2. The van der Waals surface area contributed by atoms with E-state index in [-0.39, 0.29) is 11.8 Å². The van der Waals surface area contributed by atoms with E-state index in [2.05, 4.69) is 10.7 Å². The lowest BCUT2D eigenvalue weighted by Crippen LogP contribution is -2.42. The third-order valence-electron chi connectivity index (χ3n) is 5.71. The van der Waals surface area contributed by atoms with Crippen LogP contribution in [0.4, 0.5) is 0 Å². The fraction of sp³-hybridized carbons (Fsp3) is 0.222. The fourth-order valence-corrected chi connectivity index (χ4v) is 3.93. The average Bonchev–Trinajstić information content (AvgIpc) is 3.19. The van der Waals surface area contributed by atoms with Gasteiger partial charge in [0, 0.05) is 16.7 Å². The van der Waals surface area contributed by atoms with Gasteiger partial charge in [-0.3, -0.25) is 9.59 Å². The number of hydrogen-bond donors (Lipinski definition) is 2. The lowest BCUT2D eigenvalue weighted by atomic mass is 9.99. The van der Waals surface area contributed by atoms with Crippen molar-refractivity contribution in [1.82, 2.24) is 10.7 Å². The monoisotopic (exact) mass is 474 g/mol. The second-order valence-corrected chi connectivity index (χ2v) is 7.91. The number of hydrazone groups is 1. The van der Waals surface area contributed by atoms with E-state index >= 15 is 0 Å². The third kappa shape index (κ3) is 5.43. The second kappa shape index (κ2) is 10.7. The normalized spacial score (nSPS) is 18.1. The molecular weight excluding hydrogens is 446 g/mol. The Morgan fingerprint density at radius 3 is 2.06 bits per heavy atom. The molecule has 0 radical (unpaired) electrons. The average molecular weight is 475 g/mol. The number of benzene rings is 3. The Morgan fingerprint density at radius 2 is 1.49 bits per heavy atom. The molecule has 1 fully saturated rings. The van der Waals surface area contributed by atoms with Gasteiger partial charge in [-0.05, 0) is 79.7 Å². The van der Waals surface area contributed by atoms with E-state index in [0.717, 1.165) is 16.9 Å². The van der Waals surface area contributed by atoms with Crippen LogP contribution in [0, 0.1) is 0 Å². The molecule has 1 heterocycles. The van der Waals surface area contributed by atoms with Crippen LogP contribution in [0.2, 0.25) is 0 Å². The molecule has 4 rings (SSSR count). The highest BCUT2D eigenvalue weighted by Gasteiger charge is 2.47. The van der Waals surface area contributed by atoms with Gasteiger partial charge in [0.2, 0.25) is 12.3 Å². The van der Waals surface area contributed by atoms with Crippen molar-refractivity contribution in [3.63, 3.8) is 0 Å². The molecule has 1 saturated heterocycles. The number of methoxy groups -OCH3 is 2. The minimum atomic E-state index is -0.822. The van der Waals surface area contributed by atoms with E-state index in [1.807, 2.05) is 61.7 Å². The van der Waals surface area contributed by atoms with Gasteiger partial charge in [0.15, 0.2) is 6.04 Å². The van der Waals surface area contributed by atoms with Crippen molar-refractivity contribution >= 4 is 18.0 Å². The molecule has 0 unspecified atom stereocenters. The zero-order valence-electron chi connectivity index (χ0n) is 19.9. The Morgan fingerprint density at radius 1 is 0.914 bits per heavy atom. The lowest BCUT2D eigenvalue weighted by Gasteiger charge is -2.15. The molecule has 0 aromatic heterocycles. The SMILES string of the molecule is CCOc1ccc(/C=[N+]2\NC(=O)[C@@H](NC(=O)c3ccc(OC)cc3)[C@@H]2c2ccc(OC)cc2)cc1. The van der Waals surface area contributed by atoms with Gasteiger partial charge in [-0.2, -0.15) is 0 Å². The first-order valence-electron chi connectivity index (χ1n) is 11.3. The first-order valence-corrected chi connectivity index (χ1v) is 11.3. The van der Waals surface area contributed by atoms with Crippen LogP contribution < -0.4 is 25.0 Å². The van der Waals surface area contributed by atoms with Crippen molar-refractivity contribution in [3.8, 4) is 17.2 Å². The van der Waals surface area contributed by atoms with E-state index in [0.29, 0.717) is 23.7 Å². The van der Waals surface area contributed by atoms with Crippen LogP contribution in [0.5, 0.6) is 17.2 Å². The summed E-state index contributed by atoms with van der Waals surface area (Å²) in [5.74, 6) is 1.45. The molecule has 1 aliphatic rings. The summed E-state index contributed by atoms with van der Waals surface area (Å²) in [5, 5.41) is 2.90. The summed E-state index contributed by atoms with van der Waals surface area (Å²) in [6.45, 7) is 2.51. The number of amides is 2. The van der Waals surface area contributed by atoms with Gasteiger partial charge in [-0.25, -0.2) is 0 Å². The van der Waals surface area contributed by atoms with Gasteiger partial charge in [-0.15, -0.1) is 10.1 Å².